The van der Waals surface area contributed by atoms with Crippen LogP contribution in [0.2, 0.25) is 0 Å². The van der Waals surface area contributed by atoms with Gasteiger partial charge in [0.05, 0.1) is 14.2 Å². The molecule has 0 fully saturated rings. The number of rotatable bonds is 9. The number of methoxy groups -OCH3 is 2. The molecule has 0 radical (unpaired) electrons. The van der Waals surface area contributed by atoms with E-state index in [4.69, 9.17) is 10.2 Å². The zero-order valence-corrected chi connectivity index (χ0v) is 19.8. The van der Waals surface area contributed by atoms with E-state index in [1.54, 1.807) is 34.6 Å². The number of aliphatic carboxylic acids is 2. The number of ether oxygens (including phenoxy) is 2. The molecule has 0 aromatic rings. The summed E-state index contributed by atoms with van der Waals surface area (Å²) in [5.74, 6) is -3.29. The summed E-state index contributed by atoms with van der Waals surface area (Å²) in [5, 5.41) is 32.4. The minimum atomic E-state index is -1.40. The Morgan fingerprint density at radius 1 is 0.645 bits per heavy atom. The highest BCUT2D eigenvalue weighted by atomic mass is 16.5. The van der Waals surface area contributed by atoms with Crippen LogP contribution in [0.25, 0.3) is 0 Å². The Labute approximate surface area is 182 Å². The first-order valence-electron chi connectivity index (χ1n) is 9.34. The summed E-state index contributed by atoms with van der Waals surface area (Å²) >= 11 is 0. The van der Waals surface area contributed by atoms with Crippen LogP contribution in [0.15, 0.2) is 20.5 Å². The van der Waals surface area contributed by atoms with E-state index in [0.717, 1.165) is 0 Å². The standard InChI is InChI=1S/C10H18N2O4.C9H16N2O4/c1-9(2,7(13)15-5)11-12-10(3,4)8(14)16-6;1-5-9(4,7(14)15)11-10-8(2,3)6(12)13/h1-6H3;5H2,1-4H3,(H,12,13)(H,14,15). The molecule has 0 heterocycles. The van der Waals surface area contributed by atoms with Gasteiger partial charge in [0.2, 0.25) is 0 Å². The molecule has 0 aromatic carbocycles. The Balaban J connectivity index is 0. The van der Waals surface area contributed by atoms with Gasteiger partial charge in [-0.05, 0) is 54.9 Å². The van der Waals surface area contributed by atoms with Gasteiger partial charge in [0.1, 0.15) is 0 Å². The summed E-state index contributed by atoms with van der Waals surface area (Å²) in [4.78, 5) is 44.1. The highest BCUT2D eigenvalue weighted by Gasteiger charge is 2.34. The minimum Gasteiger partial charge on any atom is -0.479 e. The lowest BCUT2D eigenvalue weighted by Crippen LogP contribution is -2.34. The molecule has 0 bridgehead atoms. The molecular weight excluding hydrogens is 412 g/mol. The molecule has 12 heteroatoms. The zero-order valence-electron chi connectivity index (χ0n) is 19.8. The zero-order chi connectivity index (χ0) is 25.3. The first kappa shape index (κ1) is 30.3. The van der Waals surface area contributed by atoms with E-state index in [1.807, 2.05) is 0 Å². The minimum absolute atomic E-state index is 0.252. The molecule has 12 nitrogen and oxygen atoms in total. The van der Waals surface area contributed by atoms with Crippen molar-refractivity contribution in [1.29, 1.82) is 0 Å². The van der Waals surface area contributed by atoms with Crippen molar-refractivity contribution in [3.8, 4) is 0 Å². The normalized spacial score (nSPS) is 14.4. The van der Waals surface area contributed by atoms with Crippen molar-refractivity contribution >= 4 is 23.9 Å². The predicted molar refractivity (Wildman–Crippen MR) is 110 cm³/mol. The fourth-order valence-electron chi connectivity index (χ4n) is 1.37. The highest BCUT2D eigenvalue weighted by Crippen LogP contribution is 2.20. The third kappa shape index (κ3) is 9.62. The van der Waals surface area contributed by atoms with E-state index in [0.29, 0.717) is 0 Å². The van der Waals surface area contributed by atoms with Crippen LogP contribution in [-0.2, 0) is 28.7 Å². The Hall–Kier alpha value is -2.92. The maximum atomic E-state index is 11.3. The van der Waals surface area contributed by atoms with Crippen molar-refractivity contribution in [1.82, 2.24) is 0 Å². The number of esters is 2. The molecule has 0 saturated heterocycles. The van der Waals surface area contributed by atoms with Crippen LogP contribution in [-0.4, -0.2) is 70.5 Å². The highest BCUT2D eigenvalue weighted by molar-refractivity contribution is 5.81. The number of nitrogens with zero attached hydrogens (tertiary/aromatic N) is 4. The maximum absolute atomic E-state index is 11.3. The second-order valence-electron chi connectivity index (χ2n) is 8.30. The molecule has 0 aliphatic rings. The van der Waals surface area contributed by atoms with Crippen molar-refractivity contribution < 1.29 is 38.9 Å². The van der Waals surface area contributed by atoms with Crippen LogP contribution in [0, 0.1) is 0 Å². The van der Waals surface area contributed by atoms with E-state index in [1.165, 1.54) is 35.0 Å². The van der Waals surface area contributed by atoms with E-state index in [9.17, 15) is 19.2 Å². The van der Waals surface area contributed by atoms with Crippen LogP contribution in [0.5, 0.6) is 0 Å². The van der Waals surface area contributed by atoms with E-state index in [2.05, 4.69) is 29.9 Å². The number of carbonyl (C=O) groups is 4. The quantitative estimate of drug-likeness (QED) is 0.401. The van der Waals surface area contributed by atoms with Gasteiger partial charge in [0.15, 0.2) is 22.2 Å². The van der Waals surface area contributed by atoms with Gasteiger partial charge in [-0.15, -0.1) is 0 Å². The molecule has 178 valence electrons. The van der Waals surface area contributed by atoms with Crippen LogP contribution in [0.1, 0.15) is 61.8 Å². The molecule has 0 amide bonds. The van der Waals surface area contributed by atoms with Gasteiger partial charge in [-0.2, -0.15) is 20.5 Å². The van der Waals surface area contributed by atoms with Gasteiger partial charge in [0, 0.05) is 0 Å². The average Bonchev–Trinajstić information content (AvgIpc) is 2.69. The summed E-state index contributed by atoms with van der Waals surface area (Å²) in [6.45, 7) is 12.0. The predicted octanol–water partition coefficient (Wildman–Crippen LogP) is 2.90. The Bertz CT molecular complexity index is 698. The summed E-state index contributed by atoms with van der Waals surface area (Å²) in [7, 11) is 2.54. The molecule has 2 N–H and O–H groups in total. The van der Waals surface area contributed by atoms with Crippen LogP contribution in [0.3, 0.4) is 0 Å². The number of carbonyl (C=O) groups excluding carboxylic acids is 2. The van der Waals surface area contributed by atoms with Gasteiger partial charge in [-0.3, -0.25) is 0 Å². The number of azo groups is 2. The summed E-state index contributed by atoms with van der Waals surface area (Å²) < 4.78 is 9.12. The largest absolute Gasteiger partial charge is 0.479 e. The third-order valence-corrected chi connectivity index (χ3v) is 4.11. The average molecular weight is 447 g/mol. The van der Waals surface area contributed by atoms with Crippen molar-refractivity contribution in [2.24, 2.45) is 20.5 Å². The summed E-state index contributed by atoms with van der Waals surface area (Å²) in [6, 6.07) is 0. The van der Waals surface area contributed by atoms with Crippen LogP contribution >= 0.6 is 0 Å². The Morgan fingerprint density at radius 2 is 0.968 bits per heavy atom. The molecular formula is C19H34N4O8. The second-order valence-corrected chi connectivity index (χ2v) is 8.30. The Morgan fingerprint density at radius 3 is 1.19 bits per heavy atom. The van der Waals surface area contributed by atoms with Crippen LogP contribution < -0.4 is 0 Å². The first-order valence-corrected chi connectivity index (χ1v) is 9.34. The lowest BCUT2D eigenvalue weighted by molar-refractivity contribution is -0.148. The monoisotopic (exact) mass is 446 g/mol. The maximum Gasteiger partial charge on any atom is 0.335 e. The van der Waals surface area contributed by atoms with E-state index < -0.39 is 46.0 Å². The van der Waals surface area contributed by atoms with Crippen molar-refractivity contribution in [3.05, 3.63) is 0 Å². The van der Waals surface area contributed by atoms with Gasteiger partial charge in [-0.25, -0.2) is 19.2 Å². The molecule has 0 aromatic heterocycles. The van der Waals surface area contributed by atoms with Gasteiger partial charge < -0.3 is 19.7 Å². The SMILES string of the molecule is CCC(C)(N=NC(C)(C)C(=O)O)C(=O)O.COC(=O)C(C)(C)N=NC(C)(C)C(=O)OC. The van der Waals surface area contributed by atoms with Crippen molar-refractivity contribution in [2.75, 3.05) is 14.2 Å². The molecule has 0 spiro atoms. The molecule has 1 unspecified atom stereocenters. The third-order valence-electron chi connectivity index (χ3n) is 4.11. The topological polar surface area (TPSA) is 177 Å². The molecule has 0 rings (SSSR count). The lowest BCUT2D eigenvalue weighted by atomic mass is 10.0. The van der Waals surface area contributed by atoms with Gasteiger partial charge in [0.25, 0.3) is 0 Å². The van der Waals surface area contributed by atoms with E-state index in [-0.39, 0.29) is 6.42 Å². The number of hydrogen-bond donors (Lipinski definition) is 2. The summed E-state index contributed by atoms with van der Waals surface area (Å²) in [6.07, 6.45) is 0.252. The summed E-state index contributed by atoms with van der Waals surface area (Å²) in [5.41, 5.74) is -4.97. The molecule has 0 saturated carbocycles. The fraction of sp³-hybridized carbons (Fsp3) is 0.789. The Kier molecular flexibility index (Phi) is 11.2. The molecule has 1 atom stereocenters. The van der Waals surface area contributed by atoms with Gasteiger partial charge in [-0.1, -0.05) is 6.92 Å². The first-order chi connectivity index (χ1) is 13.8. The van der Waals surface area contributed by atoms with Gasteiger partial charge >= 0.3 is 23.9 Å². The van der Waals surface area contributed by atoms with E-state index >= 15 is 0 Å². The number of carboxylic acids is 2. The van der Waals surface area contributed by atoms with Crippen molar-refractivity contribution in [2.45, 2.75) is 84.0 Å². The fourth-order valence-corrected chi connectivity index (χ4v) is 1.37. The molecule has 0 aliphatic carbocycles. The van der Waals surface area contributed by atoms with Crippen LogP contribution in [0.4, 0.5) is 0 Å². The lowest BCUT2D eigenvalue weighted by Gasteiger charge is -2.19. The molecule has 0 aliphatic heterocycles. The van der Waals surface area contributed by atoms with Crippen molar-refractivity contribution in [3.63, 3.8) is 0 Å². The number of hydrogen-bond acceptors (Lipinski definition) is 10. The number of carboxylic acid groups (broad SMARTS) is 2. The second kappa shape index (κ2) is 11.5. The molecule has 31 heavy (non-hydrogen) atoms. The smallest absolute Gasteiger partial charge is 0.335 e.